The van der Waals surface area contributed by atoms with Crippen molar-refractivity contribution in [3.05, 3.63) is 59.5 Å². The molecule has 106 valence electrons. The number of aromatic hydroxyl groups is 1. The van der Waals surface area contributed by atoms with Crippen molar-refractivity contribution in [2.75, 3.05) is 5.32 Å². The molecule has 0 radical (unpaired) electrons. The molecule has 0 aliphatic heterocycles. The highest BCUT2D eigenvalue weighted by Crippen LogP contribution is 2.28. The van der Waals surface area contributed by atoms with Crippen LogP contribution in [0.3, 0.4) is 0 Å². The van der Waals surface area contributed by atoms with Gasteiger partial charge in [0, 0.05) is 16.6 Å². The number of hydrogen-bond donors (Lipinski definition) is 2. The molecule has 1 aromatic heterocycles. The number of benzene rings is 2. The highest BCUT2D eigenvalue weighted by atomic mass is 32.1. The Bertz CT molecular complexity index is 717. The average Bonchev–Trinajstić information content (AvgIpc) is 2.97. The van der Waals surface area contributed by atoms with Crippen molar-refractivity contribution in [1.82, 2.24) is 4.98 Å². The van der Waals surface area contributed by atoms with Crippen molar-refractivity contribution >= 4 is 22.2 Å². The van der Waals surface area contributed by atoms with E-state index in [-0.39, 0.29) is 5.75 Å². The number of rotatable bonds is 4. The average molecular weight is 296 g/mol. The third-order valence-electron chi connectivity index (χ3n) is 3.28. The number of hydrogen-bond acceptors (Lipinski definition) is 4. The summed E-state index contributed by atoms with van der Waals surface area (Å²) in [5.41, 5.74) is 4.27. The van der Waals surface area contributed by atoms with E-state index in [1.54, 1.807) is 23.5 Å². The number of nitrogens with zero attached hydrogens (tertiary/aromatic N) is 1. The topological polar surface area (TPSA) is 45.2 Å². The van der Waals surface area contributed by atoms with Gasteiger partial charge in [0.1, 0.15) is 5.75 Å². The lowest BCUT2D eigenvalue weighted by atomic mass is 10.1. The molecule has 3 nitrogen and oxygen atoms in total. The van der Waals surface area contributed by atoms with Crippen molar-refractivity contribution in [2.24, 2.45) is 0 Å². The van der Waals surface area contributed by atoms with Crippen molar-refractivity contribution in [3.63, 3.8) is 0 Å². The van der Waals surface area contributed by atoms with Crippen molar-refractivity contribution in [2.45, 2.75) is 13.3 Å². The molecule has 0 unspecified atom stereocenters. The zero-order valence-electron chi connectivity index (χ0n) is 11.7. The molecule has 3 aromatic rings. The Morgan fingerprint density at radius 1 is 1.05 bits per heavy atom. The molecule has 2 N–H and O–H groups in total. The highest BCUT2D eigenvalue weighted by Gasteiger charge is 2.05. The normalized spacial score (nSPS) is 10.5. The van der Waals surface area contributed by atoms with E-state index in [4.69, 9.17) is 0 Å². The molecule has 21 heavy (non-hydrogen) atoms. The summed E-state index contributed by atoms with van der Waals surface area (Å²) >= 11 is 1.57. The smallest absolute Gasteiger partial charge is 0.187 e. The van der Waals surface area contributed by atoms with Crippen molar-refractivity contribution < 1.29 is 5.11 Å². The van der Waals surface area contributed by atoms with E-state index >= 15 is 0 Å². The first kappa shape index (κ1) is 13.6. The summed E-state index contributed by atoms with van der Waals surface area (Å²) in [5, 5.41) is 15.5. The van der Waals surface area contributed by atoms with Gasteiger partial charge in [-0.05, 0) is 48.4 Å². The van der Waals surface area contributed by atoms with Gasteiger partial charge in [0.25, 0.3) is 0 Å². The zero-order valence-corrected chi connectivity index (χ0v) is 12.5. The molecule has 4 heteroatoms. The van der Waals surface area contributed by atoms with Crippen LogP contribution in [-0.4, -0.2) is 10.1 Å². The molecular formula is C17H16N2OS. The summed E-state index contributed by atoms with van der Waals surface area (Å²) in [6.45, 7) is 2.15. The van der Waals surface area contributed by atoms with E-state index in [9.17, 15) is 5.11 Å². The highest BCUT2D eigenvalue weighted by molar-refractivity contribution is 7.14. The minimum absolute atomic E-state index is 0.267. The first-order valence-corrected chi connectivity index (χ1v) is 7.73. The third kappa shape index (κ3) is 3.23. The van der Waals surface area contributed by atoms with E-state index < -0.39 is 0 Å². The standard InChI is InChI=1S/C17H16N2OS/c1-2-12-3-7-14(8-4-12)18-17-19-16(11-21-17)13-5-9-15(20)10-6-13/h3-11,20H,2H2,1H3,(H,18,19). The summed E-state index contributed by atoms with van der Waals surface area (Å²) < 4.78 is 0. The van der Waals surface area contributed by atoms with Crippen LogP contribution < -0.4 is 5.32 Å². The van der Waals surface area contributed by atoms with E-state index in [0.717, 1.165) is 28.5 Å². The molecule has 0 atom stereocenters. The molecule has 0 aliphatic carbocycles. The Morgan fingerprint density at radius 3 is 2.43 bits per heavy atom. The van der Waals surface area contributed by atoms with Crippen molar-refractivity contribution in [1.29, 1.82) is 0 Å². The van der Waals surface area contributed by atoms with Crippen LogP contribution in [0.5, 0.6) is 5.75 Å². The van der Waals surface area contributed by atoms with Crippen molar-refractivity contribution in [3.8, 4) is 17.0 Å². The van der Waals surface area contributed by atoms with Crippen LogP contribution in [0.25, 0.3) is 11.3 Å². The number of anilines is 2. The fourth-order valence-electron chi connectivity index (χ4n) is 2.04. The molecular weight excluding hydrogens is 280 g/mol. The van der Waals surface area contributed by atoms with Crippen LogP contribution >= 0.6 is 11.3 Å². The van der Waals surface area contributed by atoms with Gasteiger partial charge in [-0.3, -0.25) is 0 Å². The summed E-state index contributed by atoms with van der Waals surface area (Å²) in [4.78, 5) is 4.57. The van der Waals surface area contributed by atoms with Crippen LogP contribution in [0.2, 0.25) is 0 Å². The second-order valence-corrected chi connectivity index (χ2v) is 5.62. The Labute approximate surface area is 127 Å². The van der Waals surface area contributed by atoms with Crippen LogP contribution in [0.15, 0.2) is 53.9 Å². The number of aromatic nitrogens is 1. The van der Waals surface area contributed by atoms with Gasteiger partial charge in [0.2, 0.25) is 0 Å². The van der Waals surface area contributed by atoms with E-state index in [1.165, 1.54) is 5.56 Å². The SMILES string of the molecule is CCc1ccc(Nc2nc(-c3ccc(O)cc3)cs2)cc1. The van der Waals surface area contributed by atoms with E-state index in [0.29, 0.717) is 0 Å². The first-order valence-electron chi connectivity index (χ1n) is 6.85. The minimum Gasteiger partial charge on any atom is -0.508 e. The maximum Gasteiger partial charge on any atom is 0.187 e. The molecule has 3 rings (SSSR count). The van der Waals surface area contributed by atoms with Crippen LogP contribution in [-0.2, 0) is 6.42 Å². The van der Waals surface area contributed by atoms with Crippen LogP contribution in [0.1, 0.15) is 12.5 Å². The Hall–Kier alpha value is -2.33. The Kier molecular flexibility index (Phi) is 3.88. The molecule has 0 saturated carbocycles. The summed E-state index contributed by atoms with van der Waals surface area (Å²) in [7, 11) is 0. The number of nitrogens with one attached hydrogen (secondary N) is 1. The van der Waals surface area contributed by atoms with Gasteiger partial charge in [-0.15, -0.1) is 11.3 Å². The van der Waals surface area contributed by atoms with E-state index in [2.05, 4.69) is 41.5 Å². The fraction of sp³-hybridized carbons (Fsp3) is 0.118. The lowest BCUT2D eigenvalue weighted by Crippen LogP contribution is -1.90. The molecule has 0 bridgehead atoms. The Morgan fingerprint density at radius 2 is 1.76 bits per heavy atom. The maximum atomic E-state index is 9.32. The Balaban J connectivity index is 1.76. The number of phenolic OH excluding ortho intramolecular Hbond substituents is 1. The molecule has 0 saturated heterocycles. The maximum absolute atomic E-state index is 9.32. The predicted molar refractivity (Wildman–Crippen MR) is 88.3 cm³/mol. The second-order valence-electron chi connectivity index (χ2n) is 4.76. The van der Waals surface area contributed by atoms with Gasteiger partial charge in [-0.25, -0.2) is 4.98 Å². The quantitative estimate of drug-likeness (QED) is 0.725. The van der Waals surface area contributed by atoms with Gasteiger partial charge < -0.3 is 10.4 Å². The monoisotopic (exact) mass is 296 g/mol. The summed E-state index contributed by atoms with van der Waals surface area (Å²) in [6.07, 6.45) is 1.04. The molecule has 2 aromatic carbocycles. The number of aryl methyl sites for hydroxylation is 1. The predicted octanol–water partition coefficient (Wildman–Crippen LogP) is 4.82. The molecule has 0 spiro atoms. The first-order chi connectivity index (χ1) is 10.2. The molecule has 0 amide bonds. The van der Waals surface area contributed by atoms with Gasteiger partial charge in [-0.2, -0.15) is 0 Å². The zero-order chi connectivity index (χ0) is 14.7. The third-order valence-corrected chi connectivity index (χ3v) is 4.04. The van der Waals surface area contributed by atoms with E-state index in [1.807, 2.05) is 17.5 Å². The van der Waals surface area contributed by atoms with Gasteiger partial charge in [0.05, 0.1) is 5.69 Å². The van der Waals surface area contributed by atoms with Gasteiger partial charge in [-0.1, -0.05) is 19.1 Å². The lowest BCUT2D eigenvalue weighted by Gasteiger charge is -2.03. The van der Waals surface area contributed by atoms with Crippen LogP contribution in [0.4, 0.5) is 10.8 Å². The molecule has 0 fully saturated rings. The number of thiazole rings is 1. The van der Waals surface area contributed by atoms with Crippen LogP contribution in [0, 0.1) is 0 Å². The largest absolute Gasteiger partial charge is 0.508 e. The molecule has 0 aliphatic rings. The fourth-order valence-corrected chi connectivity index (χ4v) is 2.78. The minimum atomic E-state index is 0.267. The van der Waals surface area contributed by atoms with Gasteiger partial charge in [0.15, 0.2) is 5.13 Å². The second kappa shape index (κ2) is 5.97. The summed E-state index contributed by atoms with van der Waals surface area (Å²) in [6, 6.07) is 15.5. The van der Waals surface area contributed by atoms with Gasteiger partial charge >= 0.3 is 0 Å². The molecule has 1 heterocycles. The summed E-state index contributed by atoms with van der Waals surface area (Å²) in [5.74, 6) is 0.267. The number of phenols is 1. The lowest BCUT2D eigenvalue weighted by molar-refractivity contribution is 0.475.